The summed E-state index contributed by atoms with van der Waals surface area (Å²) in [6, 6.07) is 22.8. The van der Waals surface area contributed by atoms with Gasteiger partial charge in [-0.15, -0.1) is 0 Å². The molecule has 1 amide bonds. The van der Waals surface area contributed by atoms with Gasteiger partial charge in [-0.1, -0.05) is 30.3 Å². The molecule has 0 spiro atoms. The van der Waals surface area contributed by atoms with E-state index >= 15 is 0 Å². The van der Waals surface area contributed by atoms with E-state index in [9.17, 15) is 4.79 Å². The minimum Gasteiger partial charge on any atom is -0.493 e. The molecular formula is C28H25N5O3. The lowest BCUT2D eigenvalue weighted by molar-refractivity contribution is 0.0951. The smallest absolute Gasteiger partial charge is 0.251 e. The molecular weight excluding hydrogens is 454 g/mol. The third kappa shape index (κ3) is 4.69. The molecule has 3 aromatic carbocycles. The third-order valence-electron chi connectivity index (χ3n) is 5.79. The molecule has 2 N–H and O–H groups in total. The second-order valence-corrected chi connectivity index (χ2v) is 8.05. The molecule has 0 saturated carbocycles. The molecule has 8 nitrogen and oxygen atoms in total. The highest BCUT2D eigenvalue weighted by atomic mass is 16.5. The zero-order valence-electron chi connectivity index (χ0n) is 19.9. The van der Waals surface area contributed by atoms with Crippen LogP contribution in [-0.2, 0) is 6.54 Å². The van der Waals surface area contributed by atoms with Crippen LogP contribution >= 0.6 is 0 Å². The van der Waals surface area contributed by atoms with Crippen LogP contribution in [0.1, 0.15) is 15.9 Å². The predicted octanol–water partition coefficient (Wildman–Crippen LogP) is 5.09. The van der Waals surface area contributed by atoms with Crippen molar-refractivity contribution in [3.8, 4) is 22.8 Å². The first-order valence-electron chi connectivity index (χ1n) is 11.4. The van der Waals surface area contributed by atoms with Gasteiger partial charge in [-0.05, 0) is 48.0 Å². The van der Waals surface area contributed by atoms with Gasteiger partial charge in [0.1, 0.15) is 11.5 Å². The first-order valence-corrected chi connectivity index (χ1v) is 11.4. The number of nitrogens with one attached hydrogen (secondary N) is 2. The number of fused-ring (bicyclic) bond motifs is 1. The Bertz CT molecular complexity index is 1500. The van der Waals surface area contributed by atoms with E-state index in [1.54, 1.807) is 38.7 Å². The Morgan fingerprint density at radius 3 is 2.47 bits per heavy atom. The maximum atomic E-state index is 12.6. The largest absolute Gasteiger partial charge is 0.493 e. The van der Waals surface area contributed by atoms with Crippen molar-refractivity contribution >= 4 is 23.1 Å². The van der Waals surface area contributed by atoms with Gasteiger partial charge < -0.3 is 20.1 Å². The molecule has 0 aliphatic rings. The summed E-state index contributed by atoms with van der Waals surface area (Å²) in [6.45, 7) is 0.476. The van der Waals surface area contributed by atoms with Crippen LogP contribution < -0.4 is 20.1 Å². The molecule has 5 aromatic rings. The number of carbonyl (C=O) groups excluding carboxylic acids is 1. The summed E-state index contributed by atoms with van der Waals surface area (Å²) in [5.41, 5.74) is 4.73. The van der Waals surface area contributed by atoms with E-state index in [0.717, 1.165) is 28.3 Å². The molecule has 0 bridgehead atoms. The lowest BCUT2D eigenvalue weighted by Gasteiger charge is -2.12. The van der Waals surface area contributed by atoms with Gasteiger partial charge in [-0.25, -0.2) is 4.98 Å². The summed E-state index contributed by atoms with van der Waals surface area (Å²) in [5.74, 6) is 1.89. The monoisotopic (exact) mass is 479 g/mol. The molecule has 5 rings (SSSR count). The van der Waals surface area contributed by atoms with E-state index in [1.807, 2.05) is 71.3 Å². The normalized spacial score (nSPS) is 10.7. The summed E-state index contributed by atoms with van der Waals surface area (Å²) < 4.78 is 12.8. The van der Waals surface area contributed by atoms with Crippen molar-refractivity contribution in [1.29, 1.82) is 0 Å². The molecule has 36 heavy (non-hydrogen) atoms. The molecule has 0 saturated heterocycles. The molecule has 0 atom stereocenters. The van der Waals surface area contributed by atoms with Crippen LogP contribution in [0.5, 0.6) is 11.5 Å². The van der Waals surface area contributed by atoms with Crippen molar-refractivity contribution in [2.24, 2.45) is 0 Å². The van der Waals surface area contributed by atoms with Crippen molar-refractivity contribution in [2.45, 2.75) is 6.54 Å². The number of carbonyl (C=O) groups is 1. The Morgan fingerprint density at radius 2 is 1.72 bits per heavy atom. The third-order valence-corrected chi connectivity index (χ3v) is 5.79. The molecule has 0 aliphatic carbocycles. The van der Waals surface area contributed by atoms with Crippen molar-refractivity contribution in [2.75, 3.05) is 19.5 Å². The van der Waals surface area contributed by atoms with Crippen LogP contribution in [0.2, 0.25) is 0 Å². The number of imidazole rings is 1. The second kappa shape index (κ2) is 10.2. The van der Waals surface area contributed by atoms with Gasteiger partial charge in [-0.3, -0.25) is 14.2 Å². The number of amides is 1. The molecule has 0 aliphatic heterocycles. The fourth-order valence-corrected chi connectivity index (χ4v) is 3.93. The van der Waals surface area contributed by atoms with Gasteiger partial charge in [-0.2, -0.15) is 0 Å². The molecule has 2 aromatic heterocycles. The van der Waals surface area contributed by atoms with E-state index < -0.39 is 0 Å². The second-order valence-electron chi connectivity index (χ2n) is 8.05. The molecule has 8 heteroatoms. The van der Waals surface area contributed by atoms with Crippen LogP contribution in [-0.4, -0.2) is 34.5 Å². The highest BCUT2D eigenvalue weighted by Crippen LogP contribution is 2.36. The Kier molecular flexibility index (Phi) is 6.48. The highest BCUT2D eigenvalue weighted by molar-refractivity contribution is 5.94. The highest BCUT2D eigenvalue weighted by Gasteiger charge is 2.17. The van der Waals surface area contributed by atoms with Gasteiger partial charge in [0.2, 0.25) is 0 Å². The zero-order valence-corrected chi connectivity index (χ0v) is 19.9. The minimum atomic E-state index is -0.128. The van der Waals surface area contributed by atoms with Crippen molar-refractivity contribution < 1.29 is 14.3 Å². The van der Waals surface area contributed by atoms with Gasteiger partial charge >= 0.3 is 0 Å². The Hall–Kier alpha value is -4.85. The zero-order chi connectivity index (χ0) is 24.9. The number of ether oxygens (including phenoxy) is 2. The lowest BCUT2D eigenvalue weighted by Crippen LogP contribution is -2.22. The van der Waals surface area contributed by atoms with Crippen LogP contribution in [0.25, 0.3) is 16.9 Å². The topological polar surface area (TPSA) is 89.8 Å². The minimum absolute atomic E-state index is 0.128. The maximum absolute atomic E-state index is 12.6. The fraction of sp³-hybridized carbons (Fsp3) is 0.107. The number of methoxy groups -OCH3 is 2. The van der Waals surface area contributed by atoms with Crippen molar-refractivity contribution in [1.82, 2.24) is 19.7 Å². The van der Waals surface area contributed by atoms with Crippen LogP contribution in [0.4, 0.5) is 11.5 Å². The van der Waals surface area contributed by atoms with Gasteiger partial charge in [0, 0.05) is 35.8 Å². The number of aromatic nitrogens is 3. The SMILES string of the molecule is COc1ccc(-c2nc3cnccn3c2Nc2ccc(C(=O)NCc3ccccc3)cc2)cc1OC. The maximum Gasteiger partial charge on any atom is 0.251 e. The summed E-state index contributed by atoms with van der Waals surface area (Å²) >= 11 is 0. The Labute approximate surface area is 208 Å². The molecule has 2 heterocycles. The van der Waals surface area contributed by atoms with E-state index in [2.05, 4.69) is 15.6 Å². The van der Waals surface area contributed by atoms with E-state index in [-0.39, 0.29) is 5.91 Å². The lowest BCUT2D eigenvalue weighted by atomic mass is 10.1. The predicted molar refractivity (Wildman–Crippen MR) is 139 cm³/mol. The van der Waals surface area contributed by atoms with Crippen molar-refractivity contribution in [3.63, 3.8) is 0 Å². The first kappa shape index (κ1) is 22.9. The molecule has 0 radical (unpaired) electrons. The number of benzene rings is 3. The van der Waals surface area contributed by atoms with Gasteiger partial charge in [0.15, 0.2) is 17.1 Å². The quantitative estimate of drug-likeness (QED) is 0.322. The van der Waals surface area contributed by atoms with Crippen LogP contribution in [0, 0.1) is 0 Å². The number of nitrogens with zero attached hydrogens (tertiary/aromatic N) is 3. The van der Waals surface area contributed by atoms with E-state index in [0.29, 0.717) is 29.3 Å². The summed E-state index contributed by atoms with van der Waals surface area (Å²) in [5, 5.41) is 6.41. The average Bonchev–Trinajstić information content (AvgIpc) is 3.30. The van der Waals surface area contributed by atoms with Crippen LogP contribution in [0.15, 0.2) is 91.4 Å². The standard InChI is InChI=1S/C28H25N5O3/c1-35-23-13-10-21(16-24(23)36-2)26-27(33-15-14-29-18-25(33)32-26)31-22-11-8-20(9-12-22)28(34)30-17-19-6-4-3-5-7-19/h3-16,18,31H,17H2,1-2H3,(H,30,34). The number of hydrogen-bond donors (Lipinski definition) is 2. The van der Waals surface area contributed by atoms with E-state index in [4.69, 9.17) is 14.5 Å². The fourth-order valence-electron chi connectivity index (χ4n) is 3.93. The summed E-state index contributed by atoms with van der Waals surface area (Å²) in [6.07, 6.45) is 5.26. The molecule has 180 valence electrons. The molecule has 0 unspecified atom stereocenters. The Morgan fingerprint density at radius 1 is 0.944 bits per heavy atom. The van der Waals surface area contributed by atoms with E-state index in [1.165, 1.54) is 0 Å². The average molecular weight is 480 g/mol. The molecule has 0 fully saturated rings. The Balaban J connectivity index is 1.41. The number of anilines is 2. The first-order chi connectivity index (χ1) is 17.7. The van der Waals surface area contributed by atoms with Crippen LogP contribution in [0.3, 0.4) is 0 Å². The van der Waals surface area contributed by atoms with Gasteiger partial charge in [0.05, 0.1) is 20.4 Å². The van der Waals surface area contributed by atoms with Crippen molar-refractivity contribution in [3.05, 3.63) is 103 Å². The van der Waals surface area contributed by atoms with Gasteiger partial charge in [0.25, 0.3) is 5.91 Å². The summed E-state index contributed by atoms with van der Waals surface area (Å²) in [4.78, 5) is 21.6. The number of hydrogen-bond acceptors (Lipinski definition) is 6. The number of rotatable bonds is 8. The summed E-state index contributed by atoms with van der Waals surface area (Å²) in [7, 11) is 3.21.